The molecule has 4 rings (SSSR count). The summed E-state index contributed by atoms with van der Waals surface area (Å²) < 4.78 is 0.932. The first-order valence-corrected chi connectivity index (χ1v) is 12.7. The van der Waals surface area contributed by atoms with Crippen LogP contribution in [0.25, 0.3) is 31.9 Å². The maximum absolute atomic E-state index is 12.6. The Morgan fingerprint density at radius 1 is 1.00 bits per heavy atom. The van der Waals surface area contributed by atoms with Gasteiger partial charge in [0, 0.05) is 16.1 Å². The standard InChI is InChI=1S/C25H21Cl3N2O3S/c1-3-4-9-32-33-22(31)13-18-14(2)10-19-24(23(18)15-5-7-17(26)8-6-15)34-25(29-19)16-11-20(27)30-21(28)12-16/h5-8,10-12H,3-4,9,13H2,1-2H3. The Morgan fingerprint density at radius 2 is 1.71 bits per heavy atom. The largest absolute Gasteiger partial charge is 0.346 e. The Morgan fingerprint density at radius 3 is 2.38 bits per heavy atom. The average molecular weight is 536 g/mol. The topological polar surface area (TPSA) is 61.3 Å². The summed E-state index contributed by atoms with van der Waals surface area (Å²) in [6.07, 6.45) is 1.84. The van der Waals surface area contributed by atoms with E-state index in [1.54, 1.807) is 12.1 Å². The number of rotatable bonds is 8. The van der Waals surface area contributed by atoms with Crippen LogP contribution in [-0.4, -0.2) is 22.5 Å². The Kier molecular flexibility index (Phi) is 8.06. The summed E-state index contributed by atoms with van der Waals surface area (Å²) >= 11 is 19.9. The maximum atomic E-state index is 12.6. The number of thiazole rings is 1. The van der Waals surface area contributed by atoms with E-state index in [0.29, 0.717) is 21.9 Å². The Bertz CT molecular complexity index is 1320. The lowest BCUT2D eigenvalue weighted by Crippen LogP contribution is -2.11. The number of unbranched alkanes of at least 4 members (excludes halogenated alkanes) is 1. The van der Waals surface area contributed by atoms with Crippen molar-refractivity contribution in [2.24, 2.45) is 0 Å². The lowest BCUT2D eigenvalue weighted by Gasteiger charge is -2.14. The molecule has 2 heterocycles. The molecular formula is C25H21Cl3N2O3S. The molecule has 0 fully saturated rings. The van der Waals surface area contributed by atoms with Gasteiger partial charge >= 0.3 is 5.97 Å². The maximum Gasteiger partial charge on any atom is 0.346 e. The van der Waals surface area contributed by atoms with Crippen molar-refractivity contribution in [3.05, 3.63) is 68.9 Å². The van der Waals surface area contributed by atoms with E-state index in [9.17, 15) is 4.79 Å². The molecule has 2 aromatic carbocycles. The predicted octanol–water partition coefficient (Wildman–Crippen LogP) is 8.11. The van der Waals surface area contributed by atoms with E-state index in [-0.39, 0.29) is 6.42 Å². The summed E-state index contributed by atoms with van der Waals surface area (Å²) in [7, 11) is 0. The number of halogens is 3. The molecule has 0 aliphatic rings. The van der Waals surface area contributed by atoms with Crippen molar-refractivity contribution < 1.29 is 14.6 Å². The second kappa shape index (κ2) is 11.0. The summed E-state index contributed by atoms with van der Waals surface area (Å²) in [4.78, 5) is 31.5. The first-order chi connectivity index (χ1) is 16.4. The van der Waals surface area contributed by atoms with Crippen LogP contribution in [0.3, 0.4) is 0 Å². The van der Waals surface area contributed by atoms with Crippen molar-refractivity contribution in [3.63, 3.8) is 0 Å². The number of nitrogens with zero attached hydrogens (tertiary/aromatic N) is 2. The van der Waals surface area contributed by atoms with Gasteiger partial charge in [-0.3, -0.25) is 4.89 Å². The number of aryl methyl sites for hydroxylation is 1. The number of fused-ring (bicyclic) bond motifs is 1. The molecule has 4 aromatic rings. The molecule has 0 saturated carbocycles. The van der Waals surface area contributed by atoms with Gasteiger partial charge < -0.3 is 0 Å². The van der Waals surface area contributed by atoms with Crippen LogP contribution in [0.1, 0.15) is 30.9 Å². The third kappa shape index (κ3) is 5.70. The van der Waals surface area contributed by atoms with Crippen LogP contribution in [0.2, 0.25) is 15.3 Å². The summed E-state index contributed by atoms with van der Waals surface area (Å²) in [5.74, 6) is -0.453. The van der Waals surface area contributed by atoms with Gasteiger partial charge in [-0.25, -0.2) is 14.8 Å². The molecule has 0 bridgehead atoms. The number of pyridine rings is 1. The number of carbonyl (C=O) groups is 1. The molecule has 0 radical (unpaired) electrons. The zero-order valence-electron chi connectivity index (χ0n) is 18.5. The van der Waals surface area contributed by atoms with E-state index in [1.165, 1.54) is 11.3 Å². The Hall–Kier alpha value is -2.22. The van der Waals surface area contributed by atoms with E-state index in [2.05, 4.69) is 4.98 Å². The number of aromatic nitrogens is 2. The van der Waals surface area contributed by atoms with E-state index in [1.807, 2.05) is 44.2 Å². The van der Waals surface area contributed by atoms with Crippen molar-refractivity contribution in [3.8, 4) is 21.7 Å². The molecule has 5 nitrogen and oxygen atoms in total. The smallest absolute Gasteiger partial charge is 0.298 e. The van der Waals surface area contributed by atoms with E-state index >= 15 is 0 Å². The molecule has 2 aromatic heterocycles. The molecule has 0 N–H and O–H groups in total. The van der Waals surface area contributed by atoms with Crippen LogP contribution >= 0.6 is 46.1 Å². The molecule has 9 heteroatoms. The van der Waals surface area contributed by atoms with E-state index in [4.69, 9.17) is 49.6 Å². The summed E-state index contributed by atoms with van der Waals surface area (Å²) in [5, 5.41) is 1.96. The number of hydrogen-bond donors (Lipinski definition) is 0. The van der Waals surface area contributed by atoms with Crippen LogP contribution < -0.4 is 0 Å². The fourth-order valence-electron chi connectivity index (χ4n) is 3.58. The zero-order valence-corrected chi connectivity index (χ0v) is 21.6. The zero-order chi connectivity index (χ0) is 24.2. The van der Waals surface area contributed by atoms with Crippen LogP contribution in [0.15, 0.2) is 42.5 Å². The predicted molar refractivity (Wildman–Crippen MR) is 139 cm³/mol. The Balaban J connectivity index is 1.82. The molecule has 0 aliphatic heterocycles. The second-order valence-electron chi connectivity index (χ2n) is 7.73. The monoisotopic (exact) mass is 534 g/mol. The first-order valence-electron chi connectivity index (χ1n) is 10.7. The highest BCUT2D eigenvalue weighted by atomic mass is 35.5. The van der Waals surface area contributed by atoms with Crippen molar-refractivity contribution in [1.82, 2.24) is 9.97 Å². The van der Waals surface area contributed by atoms with Gasteiger partial charge in [-0.2, -0.15) is 4.89 Å². The minimum absolute atomic E-state index is 0.0615. The third-order valence-electron chi connectivity index (χ3n) is 5.21. The van der Waals surface area contributed by atoms with Gasteiger partial charge in [0.2, 0.25) is 0 Å². The quantitative estimate of drug-likeness (QED) is 0.0987. The van der Waals surface area contributed by atoms with Crippen molar-refractivity contribution in [2.45, 2.75) is 33.1 Å². The molecule has 0 saturated heterocycles. The molecule has 0 spiro atoms. The van der Waals surface area contributed by atoms with Crippen LogP contribution in [0.4, 0.5) is 0 Å². The van der Waals surface area contributed by atoms with Gasteiger partial charge in [-0.1, -0.05) is 60.3 Å². The van der Waals surface area contributed by atoms with Gasteiger partial charge in [0.05, 0.1) is 23.2 Å². The van der Waals surface area contributed by atoms with Crippen LogP contribution in [0, 0.1) is 6.92 Å². The minimum atomic E-state index is -0.453. The SMILES string of the molecule is CCCCOOC(=O)Cc1c(C)cc2nc(-c3cc(Cl)nc(Cl)c3)sc2c1-c1ccc(Cl)cc1. The van der Waals surface area contributed by atoms with E-state index < -0.39 is 5.97 Å². The number of benzene rings is 2. The summed E-state index contributed by atoms with van der Waals surface area (Å²) in [6.45, 7) is 4.37. The van der Waals surface area contributed by atoms with Gasteiger partial charge in [0.15, 0.2) is 0 Å². The van der Waals surface area contributed by atoms with Gasteiger partial charge in [-0.15, -0.1) is 11.3 Å². The fraction of sp³-hybridized carbons (Fsp3) is 0.240. The third-order valence-corrected chi connectivity index (χ3v) is 6.99. The highest BCUT2D eigenvalue weighted by Gasteiger charge is 2.21. The first kappa shape index (κ1) is 24.9. The normalized spacial score (nSPS) is 11.2. The summed E-state index contributed by atoms with van der Waals surface area (Å²) in [5.41, 5.74) is 5.19. The molecule has 176 valence electrons. The van der Waals surface area contributed by atoms with E-state index in [0.717, 1.165) is 55.9 Å². The fourth-order valence-corrected chi connectivity index (χ4v) is 5.29. The van der Waals surface area contributed by atoms with Gasteiger partial charge in [0.1, 0.15) is 15.3 Å². The number of hydrogen-bond acceptors (Lipinski definition) is 6. The molecule has 34 heavy (non-hydrogen) atoms. The lowest BCUT2D eigenvalue weighted by atomic mass is 9.93. The summed E-state index contributed by atoms with van der Waals surface area (Å²) in [6, 6.07) is 12.9. The second-order valence-corrected chi connectivity index (χ2v) is 9.94. The highest BCUT2D eigenvalue weighted by molar-refractivity contribution is 7.22. The minimum Gasteiger partial charge on any atom is -0.298 e. The molecule has 0 amide bonds. The van der Waals surface area contributed by atoms with Crippen molar-refractivity contribution in [1.29, 1.82) is 0 Å². The van der Waals surface area contributed by atoms with Gasteiger partial charge in [-0.05, 0) is 60.4 Å². The number of carbonyl (C=O) groups excluding carboxylic acids is 1. The van der Waals surface area contributed by atoms with Crippen LogP contribution in [-0.2, 0) is 21.0 Å². The molecule has 0 aliphatic carbocycles. The van der Waals surface area contributed by atoms with Crippen LogP contribution in [0.5, 0.6) is 0 Å². The lowest BCUT2D eigenvalue weighted by molar-refractivity contribution is -0.272. The highest BCUT2D eigenvalue weighted by Crippen LogP contribution is 2.41. The van der Waals surface area contributed by atoms with Crippen molar-refractivity contribution in [2.75, 3.05) is 6.61 Å². The Labute approximate surface area is 216 Å². The van der Waals surface area contributed by atoms with Gasteiger partial charge in [0.25, 0.3) is 0 Å². The van der Waals surface area contributed by atoms with Crippen molar-refractivity contribution >= 4 is 62.3 Å². The molecule has 0 unspecified atom stereocenters. The average Bonchev–Trinajstić information content (AvgIpc) is 3.21. The molecular weight excluding hydrogens is 515 g/mol. The molecule has 0 atom stereocenters.